The molecule has 7 heteroatoms. The summed E-state index contributed by atoms with van der Waals surface area (Å²) in [5, 5.41) is 14.6. The Balaban J connectivity index is 2.26. The number of carbonyl (C=O) groups is 2. The Labute approximate surface area is 134 Å². The number of amides is 2. The maximum absolute atomic E-state index is 13.4. The van der Waals surface area contributed by atoms with Crippen LogP contribution in [-0.4, -0.2) is 36.1 Å². The molecule has 0 aromatic heterocycles. The van der Waals surface area contributed by atoms with Crippen LogP contribution in [0.15, 0.2) is 18.2 Å². The van der Waals surface area contributed by atoms with Crippen LogP contribution in [0.2, 0.25) is 0 Å². The molecule has 0 spiro atoms. The van der Waals surface area contributed by atoms with Crippen LogP contribution < -0.4 is 10.6 Å². The summed E-state index contributed by atoms with van der Waals surface area (Å²) >= 11 is 0. The minimum atomic E-state index is -0.928. The van der Waals surface area contributed by atoms with Gasteiger partial charge in [0, 0.05) is 25.6 Å². The van der Waals surface area contributed by atoms with E-state index in [4.69, 9.17) is 0 Å². The number of aliphatic hydroxyl groups is 1. The number of rotatable bonds is 8. The van der Waals surface area contributed by atoms with E-state index in [2.05, 4.69) is 10.6 Å². The van der Waals surface area contributed by atoms with Crippen molar-refractivity contribution >= 4 is 11.8 Å². The standard InChI is InChI=1S/C16H22F2N2O3/c1-10(2)14(21)9-20-15(22)4-3-7-19-16(23)12-6-5-11(17)8-13(12)18/h5-6,8,10,14,21H,3-4,7,9H2,1-2H3,(H,19,23)(H,20,22). The van der Waals surface area contributed by atoms with Gasteiger partial charge in [-0.1, -0.05) is 13.8 Å². The van der Waals surface area contributed by atoms with Crippen LogP contribution in [-0.2, 0) is 4.79 Å². The van der Waals surface area contributed by atoms with Gasteiger partial charge in [-0.25, -0.2) is 8.78 Å². The molecule has 0 radical (unpaired) electrons. The van der Waals surface area contributed by atoms with Crippen molar-refractivity contribution in [2.24, 2.45) is 5.92 Å². The summed E-state index contributed by atoms with van der Waals surface area (Å²) in [4.78, 5) is 23.2. The average Bonchev–Trinajstić information content (AvgIpc) is 2.48. The van der Waals surface area contributed by atoms with Crippen molar-refractivity contribution < 1.29 is 23.5 Å². The largest absolute Gasteiger partial charge is 0.391 e. The van der Waals surface area contributed by atoms with Crippen LogP contribution >= 0.6 is 0 Å². The zero-order valence-corrected chi connectivity index (χ0v) is 13.2. The molecule has 0 saturated carbocycles. The summed E-state index contributed by atoms with van der Waals surface area (Å²) in [6, 6.07) is 2.72. The SMILES string of the molecule is CC(C)C(O)CNC(=O)CCCNC(=O)c1ccc(F)cc1F. The van der Waals surface area contributed by atoms with E-state index in [0.29, 0.717) is 12.5 Å². The predicted molar refractivity (Wildman–Crippen MR) is 81.8 cm³/mol. The van der Waals surface area contributed by atoms with Crippen molar-refractivity contribution in [2.75, 3.05) is 13.1 Å². The lowest BCUT2D eigenvalue weighted by Gasteiger charge is -2.15. The summed E-state index contributed by atoms with van der Waals surface area (Å²) < 4.78 is 26.1. The second kappa shape index (κ2) is 9.19. The van der Waals surface area contributed by atoms with E-state index in [9.17, 15) is 23.5 Å². The Morgan fingerprint density at radius 3 is 2.52 bits per heavy atom. The maximum atomic E-state index is 13.4. The van der Waals surface area contributed by atoms with Gasteiger partial charge in [0.05, 0.1) is 11.7 Å². The number of carbonyl (C=O) groups excluding carboxylic acids is 2. The highest BCUT2D eigenvalue weighted by Crippen LogP contribution is 2.09. The van der Waals surface area contributed by atoms with Crippen molar-refractivity contribution in [3.05, 3.63) is 35.4 Å². The van der Waals surface area contributed by atoms with Gasteiger partial charge in [0.1, 0.15) is 11.6 Å². The van der Waals surface area contributed by atoms with Crippen molar-refractivity contribution in [1.29, 1.82) is 0 Å². The average molecular weight is 328 g/mol. The first-order chi connectivity index (χ1) is 10.8. The summed E-state index contributed by atoms with van der Waals surface area (Å²) in [6.45, 7) is 4.07. The van der Waals surface area contributed by atoms with Crippen molar-refractivity contribution in [1.82, 2.24) is 10.6 Å². The molecule has 1 rings (SSSR count). The highest BCUT2D eigenvalue weighted by atomic mass is 19.1. The minimum absolute atomic E-state index is 0.0557. The quantitative estimate of drug-likeness (QED) is 0.634. The van der Waals surface area contributed by atoms with Crippen LogP contribution in [0.3, 0.4) is 0 Å². The molecule has 1 unspecified atom stereocenters. The molecule has 1 aromatic rings. The van der Waals surface area contributed by atoms with Gasteiger partial charge in [0.25, 0.3) is 5.91 Å². The third-order valence-electron chi connectivity index (χ3n) is 3.32. The molecule has 23 heavy (non-hydrogen) atoms. The molecule has 0 fully saturated rings. The van der Waals surface area contributed by atoms with Crippen LogP contribution in [0.5, 0.6) is 0 Å². The maximum Gasteiger partial charge on any atom is 0.254 e. The molecule has 0 aliphatic rings. The Bertz CT molecular complexity index is 550. The summed E-state index contributed by atoms with van der Waals surface area (Å²) in [5.74, 6) is -2.51. The van der Waals surface area contributed by atoms with Crippen LogP contribution in [0.4, 0.5) is 8.78 Å². The van der Waals surface area contributed by atoms with E-state index in [1.807, 2.05) is 13.8 Å². The van der Waals surface area contributed by atoms with Crippen molar-refractivity contribution in [3.8, 4) is 0 Å². The van der Waals surface area contributed by atoms with Crippen molar-refractivity contribution in [3.63, 3.8) is 0 Å². The molecule has 0 heterocycles. The fraction of sp³-hybridized carbons (Fsp3) is 0.500. The number of nitrogens with one attached hydrogen (secondary N) is 2. The van der Waals surface area contributed by atoms with Gasteiger partial charge < -0.3 is 15.7 Å². The van der Waals surface area contributed by atoms with Crippen LogP contribution in [0.1, 0.15) is 37.0 Å². The van der Waals surface area contributed by atoms with E-state index >= 15 is 0 Å². The van der Waals surface area contributed by atoms with E-state index < -0.39 is 23.6 Å². The molecule has 2 amide bonds. The minimum Gasteiger partial charge on any atom is -0.391 e. The third kappa shape index (κ3) is 6.73. The highest BCUT2D eigenvalue weighted by molar-refractivity contribution is 5.94. The Morgan fingerprint density at radius 2 is 1.91 bits per heavy atom. The molecule has 0 aliphatic heterocycles. The molecular formula is C16H22F2N2O3. The number of aliphatic hydroxyl groups excluding tert-OH is 1. The Morgan fingerprint density at radius 1 is 1.22 bits per heavy atom. The molecule has 1 aromatic carbocycles. The molecule has 1 atom stereocenters. The molecule has 3 N–H and O–H groups in total. The number of halogens is 2. The number of hydrogen-bond acceptors (Lipinski definition) is 3. The monoisotopic (exact) mass is 328 g/mol. The van der Waals surface area contributed by atoms with E-state index in [1.54, 1.807) is 0 Å². The van der Waals surface area contributed by atoms with Crippen molar-refractivity contribution in [2.45, 2.75) is 32.8 Å². The van der Waals surface area contributed by atoms with Gasteiger partial charge in [-0.05, 0) is 24.5 Å². The molecule has 0 bridgehead atoms. The fourth-order valence-corrected chi connectivity index (χ4v) is 1.76. The van der Waals surface area contributed by atoms with E-state index in [0.717, 1.165) is 12.1 Å². The van der Waals surface area contributed by atoms with Crippen LogP contribution in [0.25, 0.3) is 0 Å². The van der Waals surface area contributed by atoms with E-state index in [1.165, 1.54) is 0 Å². The first-order valence-electron chi connectivity index (χ1n) is 7.49. The van der Waals surface area contributed by atoms with Gasteiger partial charge in [-0.3, -0.25) is 9.59 Å². The fourth-order valence-electron chi connectivity index (χ4n) is 1.76. The zero-order chi connectivity index (χ0) is 17.4. The van der Waals surface area contributed by atoms with Gasteiger partial charge in [0.2, 0.25) is 5.91 Å². The first kappa shape index (κ1) is 19.0. The lowest BCUT2D eigenvalue weighted by molar-refractivity contribution is -0.121. The highest BCUT2D eigenvalue weighted by Gasteiger charge is 2.13. The van der Waals surface area contributed by atoms with Gasteiger partial charge >= 0.3 is 0 Å². The molecule has 128 valence electrons. The molecule has 0 aliphatic carbocycles. The second-order valence-corrected chi connectivity index (χ2v) is 5.60. The Kier molecular flexibility index (Phi) is 7.61. The second-order valence-electron chi connectivity index (χ2n) is 5.60. The van der Waals surface area contributed by atoms with Gasteiger partial charge in [0.15, 0.2) is 0 Å². The Hall–Kier alpha value is -2.02. The summed E-state index contributed by atoms with van der Waals surface area (Å²) in [6.07, 6.45) is -0.0464. The summed E-state index contributed by atoms with van der Waals surface area (Å²) in [7, 11) is 0. The topological polar surface area (TPSA) is 78.4 Å². The predicted octanol–water partition coefficient (Wildman–Crippen LogP) is 1.61. The lowest BCUT2D eigenvalue weighted by atomic mass is 10.1. The van der Waals surface area contributed by atoms with Crippen LogP contribution in [0, 0.1) is 17.6 Å². The normalized spacial score (nSPS) is 12.1. The third-order valence-corrected chi connectivity index (χ3v) is 3.32. The zero-order valence-electron chi connectivity index (χ0n) is 13.2. The van der Waals surface area contributed by atoms with E-state index in [-0.39, 0.29) is 36.9 Å². The molecule has 0 saturated heterocycles. The van der Waals surface area contributed by atoms with Gasteiger partial charge in [-0.15, -0.1) is 0 Å². The lowest BCUT2D eigenvalue weighted by Crippen LogP contribution is -2.35. The number of hydrogen-bond donors (Lipinski definition) is 3. The summed E-state index contributed by atoms with van der Waals surface area (Å²) in [5.41, 5.74) is -0.240. The number of benzene rings is 1. The first-order valence-corrected chi connectivity index (χ1v) is 7.49. The van der Waals surface area contributed by atoms with Gasteiger partial charge in [-0.2, -0.15) is 0 Å². The molecule has 5 nitrogen and oxygen atoms in total. The smallest absolute Gasteiger partial charge is 0.254 e. The molecular weight excluding hydrogens is 306 g/mol.